The summed E-state index contributed by atoms with van der Waals surface area (Å²) in [5, 5.41) is 6.08. The smallest absolute Gasteiger partial charge is 0.383 e. The first-order valence-corrected chi connectivity index (χ1v) is 9.86. The number of nitrogens with one attached hydrogen (secondary N) is 2. The SMILES string of the molecule is COCCNc1nc2cc(Cl)ccc2n(CCNc2ncc(C(F)(F)F)cc2Cl)c1=O. The Kier molecular flexibility index (Phi) is 7.24. The molecular weight excluding hydrogens is 458 g/mol. The van der Waals surface area contributed by atoms with Crippen LogP contribution < -0.4 is 16.2 Å². The number of hydrogen-bond acceptors (Lipinski definition) is 6. The van der Waals surface area contributed by atoms with Gasteiger partial charge in [-0.05, 0) is 24.3 Å². The molecule has 3 aromatic rings. The number of nitrogens with zero attached hydrogens (tertiary/aromatic N) is 3. The third-order valence-electron chi connectivity index (χ3n) is 4.30. The van der Waals surface area contributed by atoms with Gasteiger partial charge in [-0.3, -0.25) is 4.79 Å². The number of aromatic nitrogens is 3. The Hall–Kier alpha value is -2.56. The van der Waals surface area contributed by atoms with Gasteiger partial charge in [0.15, 0.2) is 5.82 Å². The molecule has 0 saturated carbocycles. The summed E-state index contributed by atoms with van der Waals surface area (Å²) in [6.45, 7) is 1.12. The molecule has 1 aromatic carbocycles. The Labute approximate surface area is 185 Å². The monoisotopic (exact) mass is 475 g/mol. The van der Waals surface area contributed by atoms with Crippen LogP contribution in [0.3, 0.4) is 0 Å². The molecule has 0 aliphatic carbocycles. The van der Waals surface area contributed by atoms with Crippen LogP contribution in [0.1, 0.15) is 5.56 Å². The minimum atomic E-state index is -4.54. The fourth-order valence-corrected chi connectivity index (χ4v) is 3.24. The number of hydrogen-bond donors (Lipinski definition) is 2. The molecule has 31 heavy (non-hydrogen) atoms. The second kappa shape index (κ2) is 9.71. The fraction of sp³-hybridized carbons (Fsp3) is 0.316. The third kappa shape index (κ3) is 5.57. The molecular formula is C19H18Cl2F3N5O2. The topological polar surface area (TPSA) is 81.1 Å². The summed E-state index contributed by atoms with van der Waals surface area (Å²) in [6, 6.07) is 5.75. The zero-order valence-corrected chi connectivity index (χ0v) is 17.8. The van der Waals surface area contributed by atoms with Crippen molar-refractivity contribution in [2.24, 2.45) is 0 Å². The summed E-state index contributed by atoms with van der Waals surface area (Å²) in [6.07, 6.45) is -3.84. The maximum absolute atomic E-state index is 12.9. The van der Waals surface area contributed by atoms with Crippen LogP contribution in [0.25, 0.3) is 11.0 Å². The van der Waals surface area contributed by atoms with E-state index >= 15 is 0 Å². The normalized spacial score (nSPS) is 11.7. The number of ether oxygens (including phenoxy) is 1. The van der Waals surface area contributed by atoms with Gasteiger partial charge in [0.1, 0.15) is 5.82 Å². The summed E-state index contributed by atoms with van der Waals surface area (Å²) >= 11 is 12.0. The Morgan fingerprint density at radius 2 is 1.87 bits per heavy atom. The molecule has 12 heteroatoms. The van der Waals surface area contributed by atoms with E-state index in [9.17, 15) is 18.0 Å². The molecule has 0 aliphatic heterocycles. The van der Waals surface area contributed by atoms with Gasteiger partial charge < -0.3 is 19.9 Å². The van der Waals surface area contributed by atoms with Crippen LogP contribution in [-0.2, 0) is 17.5 Å². The number of rotatable bonds is 8. The molecule has 0 radical (unpaired) electrons. The van der Waals surface area contributed by atoms with Crippen LogP contribution in [0.4, 0.5) is 24.8 Å². The van der Waals surface area contributed by atoms with Crippen LogP contribution in [0.5, 0.6) is 0 Å². The Morgan fingerprint density at radius 3 is 2.55 bits per heavy atom. The van der Waals surface area contributed by atoms with Gasteiger partial charge in [0.05, 0.1) is 28.2 Å². The molecule has 0 unspecified atom stereocenters. The molecule has 166 valence electrons. The van der Waals surface area contributed by atoms with E-state index in [1.807, 2.05) is 0 Å². The minimum absolute atomic E-state index is 0.0857. The number of methoxy groups -OCH3 is 1. The van der Waals surface area contributed by atoms with Crippen molar-refractivity contribution >= 4 is 45.9 Å². The van der Waals surface area contributed by atoms with Crippen molar-refractivity contribution in [3.63, 3.8) is 0 Å². The molecule has 0 amide bonds. The van der Waals surface area contributed by atoms with Crippen molar-refractivity contribution < 1.29 is 17.9 Å². The quantitative estimate of drug-likeness (QED) is 0.473. The van der Waals surface area contributed by atoms with E-state index in [-0.39, 0.29) is 35.3 Å². The van der Waals surface area contributed by atoms with Crippen molar-refractivity contribution in [1.82, 2.24) is 14.5 Å². The lowest BCUT2D eigenvalue weighted by Gasteiger charge is -2.15. The molecule has 0 aliphatic rings. The average Bonchev–Trinajstić information content (AvgIpc) is 2.70. The Bertz CT molecular complexity index is 1140. The van der Waals surface area contributed by atoms with Gasteiger partial charge in [0, 0.05) is 38.0 Å². The number of pyridine rings is 1. The molecule has 0 bridgehead atoms. The second-order valence-electron chi connectivity index (χ2n) is 6.45. The Balaban J connectivity index is 1.83. The first-order valence-electron chi connectivity index (χ1n) is 9.10. The van der Waals surface area contributed by atoms with Gasteiger partial charge in [0.2, 0.25) is 0 Å². The highest BCUT2D eigenvalue weighted by Gasteiger charge is 2.31. The van der Waals surface area contributed by atoms with E-state index in [2.05, 4.69) is 20.6 Å². The summed E-state index contributed by atoms with van der Waals surface area (Å²) in [4.78, 5) is 21.0. The molecule has 2 aromatic heterocycles. The molecule has 0 saturated heterocycles. The van der Waals surface area contributed by atoms with Crippen molar-refractivity contribution in [1.29, 1.82) is 0 Å². The first-order chi connectivity index (χ1) is 14.7. The molecule has 7 nitrogen and oxygen atoms in total. The van der Waals surface area contributed by atoms with Gasteiger partial charge in [-0.2, -0.15) is 13.2 Å². The fourth-order valence-electron chi connectivity index (χ4n) is 2.84. The van der Waals surface area contributed by atoms with Crippen LogP contribution in [-0.4, -0.2) is 41.3 Å². The highest BCUT2D eigenvalue weighted by molar-refractivity contribution is 6.33. The lowest BCUT2D eigenvalue weighted by molar-refractivity contribution is -0.137. The van der Waals surface area contributed by atoms with Gasteiger partial charge in [-0.15, -0.1) is 0 Å². The van der Waals surface area contributed by atoms with Crippen LogP contribution >= 0.6 is 23.2 Å². The van der Waals surface area contributed by atoms with Gasteiger partial charge >= 0.3 is 6.18 Å². The number of alkyl halides is 3. The largest absolute Gasteiger partial charge is 0.417 e. The number of halogens is 5. The highest BCUT2D eigenvalue weighted by atomic mass is 35.5. The van der Waals surface area contributed by atoms with Crippen molar-refractivity contribution in [3.8, 4) is 0 Å². The lowest BCUT2D eigenvalue weighted by Crippen LogP contribution is -2.29. The molecule has 2 heterocycles. The number of anilines is 2. The standard InChI is InChI=1S/C19H18Cl2F3N5O2/c1-31-7-5-26-17-18(30)29(15-3-2-12(20)9-14(15)28-17)6-4-25-16-13(21)8-11(10-27-16)19(22,23)24/h2-3,8-10H,4-7H2,1H3,(H,25,27)(H,26,28). The maximum Gasteiger partial charge on any atom is 0.417 e. The van der Waals surface area contributed by atoms with Crippen molar-refractivity contribution in [3.05, 3.63) is 56.4 Å². The third-order valence-corrected chi connectivity index (χ3v) is 4.83. The van der Waals surface area contributed by atoms with Crippen LogP contribution in [0.2, 0.25) is 10.0 Å². The molecule has 0 spiro atoms. The van der Waals surface area contributed by atoms with E-state index in [0.717, 1.165) is 6.07 Å². The van der Waals surface area contributed by atoms with Crippen molar-refractivity contribution in [2.75, 3.05) is 37.4 Å². The zero-order valence-electron chi connectivity index (χ0n) is 16.3. The van der Waals surface area contributed by atoms with E-state index < -0.39 is 11.7 Å². The summed E-state index contributed by atoms with van der Waals surface area (Å²) in [5.74, 6) is 0.222. The van der Waals surface area contributed by atoms with E-state index in [0.29, 0.717) is 35.4 Å². The first kappa shape index (κ1) is 23.1. The van der Waals surface area contributed by atoms with E-state index in [1.165, 1.54) is 4.57 Å². The number of fused-ring (bicyclic) bond motifs is 1. The van der Waals surface area contributed by atoms with Gasteiger partial charge in [-0.1, -0.05) is 23.2 Å². The van der Waals surface area contributed by atoms with E-state index in [1.54, 1.807) is 25.3 Å². The van der Waals surface area contributed by atoms with Crippen LogP contribution in [0, 0.1) is 0 Å². The van der Waals surface area contributed by atoms with Gasteiger partial charge in [-0.25, -0.2) is 9.97 Å². The molecule has 0 atom stereocenters. The summed E-state index contributed by atoms with van der Waals surface area (Å²) < 4.78 is 44.7. The van der Waals surface area contributed by atoms with Crippen LogP contribution in [0.15, 0.2) is 35.3 Å². The predicted octanol–water partition coefficient (Wildman–Crippen LogP) is 4.29. The predicted molar refractivity (Wildman–Crippen MR) is 114 cm³/mol. The number of benzene rings is 1. The molecule has 3 rings (SSSR count). The average molecular weight is 476 g/mol. The maximum atomic E-state index is 12.9. The molecule has 0 fully saturated rings. The second-order valence-corrected chi connectivity index (χ2v) is 7.29. The van der Waals surface area contributed by atoms with Crippen molar-refractivity contribution in [2.45, 2.75) is 12.7 Å². The van der Waals surface area contributed by atoms with Gasteiger partial charge in [0.25, 0.3) is 5.56 Å². The minimum Gasteiger partial charge on any atom is -0.383 e. The molecule has 2 N–H and O–H groups in total. The summed E-state index contributed by atoms with van der Waals surface area (Å²) in [5.41, 5.74) is -0.236. The van der Waals surface area contributed by atoms with E-state index in [4.69, 9.17) is 27.9 Å². The highest BCUT2D eigenvalue weighted by Crippen LogP contribution is 2.32. The Morgan fingerprint density at radius 1 is 1.13 bits per heavy atom. The lowest BCUT2D eigenvalue weighted by atomic mass is 10.2. The zero-order chi connectivity index (χ0) is 22.6. The summed E-state index contributed by atoms with van der Waals surface area (Å²) in [7, 11) is 1.54.